The number of thioether (sulfide) groups is 2. The van der Waals surface area contributed by atoms with Crippen LogP contribution in [0.4, 0.5) is 11.4 Å². The molecule has 7 nitrogen and oxygen atoms in total. The molecule has 1 spiro atoms. The van der Waals surface area contributed by atoms with Crippen molar-refractivity contribution >= 4 is 51.9 Å². The van der Waals surface area contributed by atoms with E-state index in [-0.39, 0.29) is 11.7 Å². The van der Waals surface area contributed by atoms with Gasteiger partial charge in [-0.25, -0.2) is 14.6 Å². The number of benzene rings is 2. The molecule has 0 saturated heterocycles. The topological polar surface area (TPSA) is 71.4 Å². The summed E-state index contributed by atoms with van der Waals surface area (Å²) >= 11 is 2.57. The van der Waals surface area contributed by atoms with Crippen molar-refractivity contribution in [3.8, 4) is 0 Å². The lowest BCUT2D eigenvalue weighted by Gasteiger charge is -2.41. The molecule has 2 aromatic rings. The minimum Gasteiger partial charge on any atom is -0.464 e. The first-order chi connectivity index (χ1) is 15.4. The molecule has 0 radical (unpaired) electrons. The van der Waals surface area contributed by atoms with Crippen LogP contribution in [-0.4, -0.2) is 35.0 Å². The predicted octanol–water partition coefficient (Wildman–Crippen LogP) is 4.69. The molecule has 0 amide bonds. The monoisotopic (exact) mass is 469 g/mol. The van der Waals surface area contributed by atoms with E-state index in [2.05, 4.69) is 5.10 Å². The van der Waals surface area contributed by atoms with E-state index in [1.165, 1.54) is 30.6 Å². The van der Waals surface area contributed by atoms with Crippen molar-refractivity contribution in [3.05, 3.63) is 70.8 Å². The van der Waals surface area contributed by atoms with Crippen LogP contribution in [0.3, 0.4) is 0 Å². The Morgan fingerprint density at radius 3 is 2.34 bits per heavy atom. The average Bonchev–Trinajstić information content (AvgIpc) is 3.32. The standard InChI is InChI=1S/C23H23N3O4S2/c1-5-30-21(27)19-16(3)25(17-12-7-6-8-13-17)23(31-19)26(18-14-10-9-11-15(18)2)24-20(32-23)22(28)29-4/h6-14H,5H2,1-4H3. The van der Waals surface area contributed by atoms with Gasteiger partial charge < -0.3 is 14.4 Å². The van der Waals surface area contributed by atoms with Gasteiger partial charge in [0.15, 0.2) is 0 Å². The Balaban J connectivity index is 1.92. The van der Waals surface area contributed by atoms with Crippen molar-refractivity contribution < 1.29 is 19.1 Å². The van der Waals surface area contributed by atoms with E-state index in [0.717, 1.165) is 22.6 Å². The largest absolute Gasteiger partial charge is 0.464 e. The highest BCUT2D eigenvalue weighted by Gasteiger charge is 2.58. The number of hydrogen-bond acceptors (Lipinski definition) is 9. The molecule has 0 fully saturated rings. The molecule has 0 aliphatic carbocycles. The van der Waals surface area contributed by atoms with Crippen LogP contribution in [0.15, 0.2) is 70.3 Å². The maximum Gasteiger partial charge on any atom is 0.365 e. The zero-order valence-electron chi connectivity index (χ0n) is 18.2. The number of methoxy groups -OCH3 is 1. The first-order valence-corrected chi connectivity index (χ1v) is 11.7. The van der Waals surface area contributed by atoms with Crippen molar-refractivity contribution in [1.29, 1.82) is 0 Å². The number of carbonyl (C=O) groups excluding carboxylic acids is 2. The summed E-state index contributed by atoms with van der Waals surface area (Å²) in [6, 6.07) is 17.5. The average molecular weight is 470 g/mol. The van der Waals surface area contributed by atoms with Gasteiger partial charge in [-0.3, -0.25) is 0 Å². The van der Waals surface area contributed by atoms with Crippen LogP contribution < -0.4 is 9.91 Å². The summed E-state index contributed by atoms with van der Waals surface area (Å²) in [4.78, 5) is 27.9. The van der Waals surface area contributed by atoms with Gasteiger partial charge in [0.2, 0.25) is 9.37 Å². The third kappa shape index (κ3) is 3.65. The second-order valence-corrected chi connectivity index (χ2v) is 9.65. The van der Waals surface area contributed by atoms with E-state index in [1.807, 2.05) is 73.3 Å². The Kier molecular flexibility index (Phi) is 6.21. The number of hydrazone groups is 1. The zero-order chi connectivity index (χ0) is 22.9. The number of ether oxygens (including phenoxy) is 2. The van der Waals surface area contributed by atoms with E-state index in [9.17, 15) is 9.59 Å². The molecule has 0 aromatic heterocycles. The summed E-state index contributed by atoms with van der Waals surface area (Å²) in [5, 5.41) is 6.68. The van der Waals surface area contributed by atoms with E-state index in [0.29, 0.717) is 4.91 Å². The summed E-state index contributed by atoms with van der Waals surface area (Å²) in [6.07, 6.45) is 0. The molecular weight excluding hydrogens is 446 g/mol. The van der Waals surface area contributed by atoms with Gasteiger partial charge in [0.25, 0.3) is 0 Å². The highest BCUT2D eigenvalue weighted by molar-refractivity contribution is 8.29. The van der Waals surface area contributed by atoms with Crippen LogP contribution in [0.5, 0.6) is 0 Å². The van der Waals surface area contributed by atoms with Crippen molar-refractivity contribution in [2.45, 2.75) is 25.1 Å². The van der Waals surface area contributed by atoms with Crippen molar-refractivity contribution in [1.82, 2.24) is 0 Å². The molecule has 2 aliphatic rings. The fourth-order valence-corrected chi connectivity index (χ4v) is 6.57. The summed E-state index contributed by atoms with van der Waals surface area (Å²) in [6.45, 7) is 5.92. The minimum absolute atomic E-state index is 0.210. The third-order valence-corrected chi connectivity index (χ3v) is 7.90. The smallest absolute Gasteiger partial charge is 0.365 e. The fourth-order valence-electron chi connectivity index (χ4n) is 3.61. The summed E-state index contributed by atoms with van der Waals surface area (Å²) in [7, 11) is 1.33. The number of para-hydroxylation sites is 2. The number of nitrogens with zero attached hydrogens (tertiary/aromatic N) is 3. The normalized spacial score (nSPS) is 20.1. The molecule has 9 heteroatoms. The number of anilines is 2. The Morgan fingerprint density at radius 2 is 1.69 bits per heavy atom. The number of esters is 2. The predicted molar refractivity (Wildman–Crippen MR) is 129 cm³/mol. The molecule has 1 unspecified atom stereocenters. The van der Waals surface area contributed by atoms with E-state index >= 15 is 0 Å². The summed E-state index contributed by atoms with van der Waals surface area (Å²) in [5.74, 6) is -0.925. The number of aryl methyl sites for hydroxylation is 1. The van der Waals surface area contributed by atoms with E-state index < -0.39 is 16.3 Å². The second kappa shape index (κ2) is 8.91. The molecule has 2 aromatic carbocycles. The highest BCUT2D eigenvalue weighted by Crippen LogP contribution is 2.60. The Hall–Kier alpha value is -2.91. The lowest BCUT2D eigenvalue weighted by molar-refractivity contribution is -0.137. The van der Waals surface area contributed by atoms with Gasteiger partial charge in [0.1, 0.15) is 4.91 Å². The van der Waals surface area contributed by atoms with Crippen LogP contribution in [0, 0.1) is 6.92 Å². The van der Waals surface area contributed by atoms with Crippen molar-refractivity contribution in [3.63, 3.8) is 0 Å². The van der Waals surface area contributed by atoms with Gasteiger partial charge in [0.05, 0.1) is 19.4 Å². The van der Waals surface area contributed by atoms with Gasteiger partial charge in [-0.15, -0.1) is 0 Å². The molecule has 2 aliphatic heterocycles. The van der Waals surface area contributed by atoms with Gasteiger partial charge in [0, 0.05) is 11.4 Å². The van der Waals surface area contributed by atoms with Crippen LogP contribution in [0.25, 0.3) is 0 Å². The second-order valence-electron chi connectivity index (χ2n) is 7.05. The van der Waals surface area contributed by atoms with Crippen LogP contribution in [0.1, 0.15) is 19.4 Å². The Labute approximate surface area is 195 Å². The van der Waals surface area contributed by atoms with Crippen LogP contribution in [0.2, 0.25) is 0 Å². The number of hydrogen-bond donors (Lipinski definition) is 0. The quantitative estimate of drug-likeness (QED) is 0.584. The summed E-state index contributed by atoms with van der Waals surface area (Å²) < 4.78 is 9.34. The first-order valence-electron chi connectivity index (χ1n) is 10.1. The van der Waals surface area contributed by atoms with Crippen molar-refractivity contribution in [2.24, 2.45) is 5.10 Å². The Bertz CT molecular complexity index is 1120. The number of rotatable bonds is 5. The molecule has 1 atom stereocenters. The first kappa shape index (κ1) is 22.3. The molecule has 2 heterocycles. The van der Waals surface area contributed by atoms with Crippen LogP contribution in [-0.2, 0) is 19.1 Å². The maximum absolute atomic E-state index is 12.9. The molecule has 166 valence electrons. The van der Waals surface area contributed by atoms with E-state index in [4.69, 9.17) is 9.47 Å². The Morgan fingerprint density at radius 1 is 1.00 bits per heavy atom. The fraction of sp³-hybridized carbons (Fsp3) is 0.261. The van der Waals surface area contributed by atoms with E-state index in [1.54, 1.807) is 11.9 Å². The molecule has 32 heavy (non-hydrogen) atoms. The lowest BCUT2D eigenvalue weighted by Crippen LogP contribution is -2.49. The molecule has 0 bridgehead atoms. The molecular formula is C23H23N3O4S2. The van der Waals surface area contributed by atoms with Crippen molar-refractivity contribution in [2.75, 3.05) is 23.6 Å². The van der Waals surface area contributed by atoms with Gasteiger partial charge in [-0.05, 0) is 56.3 Å². The lowest BCUT2D eigenvalue weighted by atomic mass is 10.2. The maximum atomic E-state index is 12.9. The molecule has 4 rings (SSSR count). The SMILES string of the molecule is CCOC(=O)C1=C(C)N(c2ccccc2)C2(SC(C(=O)OC)=NN2c2ccccc2C)S1. The molecule has 0 saturated carbocycles. The van der Waals surface area contributed by atoms with Gasteiger partial charge >= 0.3 is 11.9 Å². The van der Waals surface area contributed by atoms with Gasteiger partial charge in [-0.1, -0.05) is 48.2 Å². The number of carbonyl (C=O) groups is 2. The van der Waals surface area contributed by atoms with Crippen LogP contribution >= 0.6 is 23.5 Å². The van der Waals surface area contributed by atoms with Gasteiger partial charge in [-0.2, -0.15) is 5.10 Å². The molecule has 0 N–H and O–H groups in total. The highest BCUT2D eigenvalue weighted by atomic mass is 32.2. The minimum atomic E-state index is -0.983. The third-order valence-electron chi connectivity index (χ3n) is 5.05. The summed E-state index contributed by atoms with van der Waals surface area (Å²) in [5.41, 5.74) is 3.40. The zero-order valence-corrected chi connectivity index (χ0v) is 19.8. The number of allylic oxidation sites excluding steroid dienone is 1.